The van der Waals surface area contributed by atoms with E-state index in [1.165, 1.54) is 0 Å². The standard InChI is InChI=1S/C17H21F2N3O2.2C2HF3O2/c18-17(19)4-14(5-17)21-15(23)16-10-22(8-13(16)9-24-11-16)7-12-2-1-3-20-6-12;2*3-2(4,5)1(6)7/h1-3,6,13-14H,4-5,7-11H2,(H,21,23);2*(H,6,7)/t13-,16-;;/m1../s1. The minimum absolute atomic E-state index is 0.120. The normalized spacial score (nSPS) is 24.6. The summed E-state index contributed by atoms with van der Waals surface area (Å²) in [6.45, 7) is 3.04. The first-order valence-electron chi connectivity index (χ1n) is 10.8. The molecule has 214 valence electrons. The average molecular weight is 565 g/mol. The SMILES string of the molecule is O=C(NC1CC(F)(F)C1)[C@]12COC[C@H]1CN(Cc1cccnc1)C2.O=C(O)C(F)(F)F.O=C(O)C(F)(F)F. The highest BCUT2D eigenvalue weighted by molar-refractivity contribution is 5.84. The predicted molar refractivity (Wildman–Crippen MR) is 110 cm³/mol. The van der Waals surface area contributed by atoms with Crippen LogP contribution in [0.25, 0.3) is 0 Å². The quantitative estimate of drug-likeness (QED) is 0.476. The van der Waals surface area contributed by atoms with Crippen molar-refractivity contribution in [3.63, 3.8) is 0 Å². The number of ether oxygens (including phenoxy) is 1. The molecule has 17 heteroatoms. The predicted octanol–water partition coefficient (Wildman–Crippen LogP) is 2.71. The molecule has 0 aromatic carbocycles. The van der Waals surface area contributed by atoms with Crippen LogP contribution < -0.4 is 5.32 Å². The molecular formula is C21H23F8N3O6. The summed E-state index contributed by atoms with van der Waals surface area (Å²) < 4.78 is 95.0. The fourth-order valence-electron chi connectivity index (χ4n) is 4.12. The van der Waals surface area contributed by atoms with Crippen molar-refractivity contribution in [2.75, 3.05) is 26.3 Å². The molecule has 3 aliphatic rings. The number of fused-ring (bicyclic) bond motifs is 1. The van der Waals surface area contributed by atoms with E-state index in [4.69, 9.17) is 24.5 Å². The summed E-state index contributed by atoms with van der Waals surface area (Å²) in [5.74, 6) is -8.14. The van der Waals surface area contributed by atoms with E-state index >= 15 is 0 Å². The Kier molecular flexibility index (Phi) is 9.63. The Hall–Kier alpha value is -3.08. The van der Waals surface area contributed by atoms with Crippen LogP contribution in [0.3, 0.4) is 0 Å². The molecule has 9 nitrogen and oxygen atoms in total. The number of pyridine rings is 1. The van der Waals surface area contributed by atoms with E-state index in [9.17, 15) is 39.9 Å². The zero-order valence-corrected chi connectivity index (χ0v) is 19.4. The van der Waals surface area contributed by atoms with Crippen LogP contribution in [0.4, 0.5) is 35.1 Å². The molecule has 2 saturated heterocycles. The van der Waals surface area contributed by atoms with Gasteiger partial charge < -0.3 is 20.3 Å². The van der Waals surface area contributed by atoms with Gasteiger partial charge in [-0.3, -0.25) is 14.7 Å². The summed E-state index contributed by atoms with van der Waals surface area (Å²) in [4.78, 5) is 36.9. The lowest BCUT2D eigenvalue weighted by Crippen LogP contribution is -2.56. The van der Waals surface area contributed by atoms with Gasteiger partial charge in [0.2, 0.25) is 5.91 Å². The fourth-order valence-corrected chi connectivity index (χ4v) is 4.12. The van der Waals surface area contributed by atoms with Crippen LogP contribution in [0, 0.1) is 11.3 Å². The molecule has 3 fully saturated rings. The van der Waals surface area contributed by atoms with Gasteiger partial charge in [0.25, 0.3) is 5.92 Å². The van der Waals surface area contributed by atoms with Gasteiger partial charge in [-0.25, -0.2) is 18.4 Å². The van der Waals surface area contributed by atoms with Gasteiger partial charge in [0.1, 0.15) is 0 Å². The van der Waals surface area contributed by atoms with E-state index in [1.807, 2.05) is 18.3 Å². The minimum Gasteiger partial charge on any atom is -0.475 e. The van der Waals surface area contributed by atoms with Gasteiger partial charge in [0.05, 0.1) is 18.6 Å². The van der Waals surface area contributed by atoms with Crippen LogP contribution in [0.1, 0.15) is 18.4 Å². The van der Waals surface area contributed by atoms with Crippen LogP contribution in [0.15, 0.2) is 24.5 Å². The van der Waals surface area contributed by atoms with Gasteiger partial charge in [0, 0.05) is 56.8 Å². The molecule has 38 heavy (non-hydrogen) atoms. The zero-order valence-electron chi connectivity index (χ0n) is 19.4. The molecule has 0 bridgehead atoms. The van der Waals surface area contributed by atoms with Crippen molar-refractivity contribution >= 4 is 17.8 Å². The fraction of sp³-hybridized carbons (Fsp3) is 0.619. The molecule has 3 heterocycles. The van der Waals surface area contributed by atoms with Crippen molar-refractivity contribution in [1.82, 2.24) is 15.2 Å². The van der Waals surface area contributed by atoms with Gasteiger partial charge in [-0.15, -0.1) is 0 Å². The Bertz CT molecular complexity index is 959. The maximum Gasteiger partial charge on any atom is 0.490 e. The molecule has 0 radical (unpaired) electrons. The summed E-state index contributed by atoms with van der Waals surface area (Å²) >= 11 is 0. The van der Waals surface area contributed by atoms with Crippen molar-refractivity contribution in [3.05, 3.63) is 30.1 Å². The number of carbonyl (C=O) groups excluding carboxylic acids is 1. The number of amides is 1. The number of alkyl halides is 8. The van der Waals surface area contributed by atoms with Gasteiger partial charge >= 0.3 is 24.3 Å². The van der Waals surface area contributed by atoms with Crippen LogP contribution in [-0.2, 0) is 25.7 Å². The summed E-state index contributed by atoms with van der Waals surface area (Å²) in [6.07, 6.45) is -7.10. The minimum atomic E-state index is -5.08. The summed E-state index contributed by atoms with van der Waals surface area (Å²) in [5.41, 5.74) is 0.500. The molecule has 1 saturated carbocycles. The first-order chi connectivity index (χ1) is 17.4. The number of hydrogen-bond acceptors (Lipinski definition) is 6. The van der Waals surface area contributed by atoms with Crippen molar-refractivity contribution in [3.8, 4) is 0 Å². The van der Waals surface area contributed by atoms with Gasteiger partial charge in [0.15, 0.2) is 0 Å². The lowest BCUT2D eigenvalue weighted by molar-refractivity contribution is -0.193. The second-order valence-electron chi connectivity index (χ2n) is 8.94. The Morgan fingerprint density at radius 3 is 2.08 bits per heavy atom. The number of carboxylic acid groups (broad SMARTS) is 2. The molecular weight excluding hydrogens is 542 g/mol. The lowest BCUT2D eigenvalue weighted by Gasteiger charge is -2.37. The molecule has 1 aromatic rings. The van der Waals surface area contributed by atoms with Gasteiger partial charge in [-0.05, 0) is 11.6 Å². The number of likely N-dealkylation sites (tertiary alicyclic amines) is 1. The third-order valence-corrected chi connectivity index (χ3v) is 5.94. The van der Waals surface area contributed by atoms with Crippen LogP contribution in [-0.4, -0.2) is 88.6 Å². The number of aromatic nitrogens is 1. The van der Waals surface area contributed by atoms with Gasteiger partial charge in [-0.1, -0.05) is 6.07 Å². The second kappa shape index (κ2) is 11.8. The van der Waals surface area contributed by atoms with Crippen molar-refractivity contribution in [1.29, 1.82) is 0 Å². The van der Waals surface area contributed by atoms with E-state index < -0.39 is 41.7 Å². The molecule has 2 atom stereocenters. The smallest absolute Gasteiger partial charge is 0.475 e. The molecule has 0 unspecified atom stereocenters. The number of carboxylic acids is 2. The second-order valence-corrected chi connectivity index (χ2v) is 8.94. The molecule has 3 N–H and O–H groups in total. The summed E-state index contributed by atoms with van der Waals surface area (Å²) in [6, 6.07) is 3.51. The van der Waals surface area contributed by atoms with Crippen LogP contribution in [0.5, 0.6) is 0 Å². The number of nitrogens with zero attached hydrogens (tertiary/aromatic N) is 2. The number of hydrogen-bond donors (Lipinski definition) is 3. The summed E-state index contributed by atoms with van der Waals surface area (Å²) in [5, 5.41) is 17.1. The first-order valence-corrected chi connectivity index (χ1v) is 10.8. The number of rotatable bonds is 4. The lowest BCUT2D eigenvalue weighted by atomic mass is 9.79. The zero-order chi connectivity index (χ0) is 28.9. The Morgan fingerprint density at radius 2 is 1.63 bits per heavy atom. The monoisotopic (exact) mass is 565 g/mol. The highest BCUT2D eigenvalue weighted by atomic mass is 19.4. The van der Waals surface area contributed by atoms with E-state index in [2.05, 4.69) is 15.2 Å². The molecule has 1 aromatic heterocycles. The molecule has 2 aliphatic heterocycles. The topological polar surface area (TPSA) is 129 Å². The summed E-state index contributed by atoms with van der Waals surface area (Å²) in [7, 11) is 0. The molecule has 1 amide bonds. The van der Waals surface area contributed by atoms with Crippen LogP contribution >= 0.6 is 0 Å². The maximum atomic E-state index is 13.0. The third-order valence-electron chi connectivity index (χ3n) is 5.94. The van der Waals surface area contributed by atoms with Crippen molar-refractivity contribution in [2.24, 2.45) is 11.3 Å². The molecule has 1 aliphatic carbocycles. The Balaban J connectivity index is 0.000000301. The third kappa shape index (κ3) is 8.47. The van der Waals surface area contributed by atoms with Gasteiger partial charge in [-0.2, -0.15) is 26.3 Å². The highest BCUT2D eigenvalue weighted by Gasteiger charge is 2.57. The van der Waals surface area contributed by atoms with E-state index in [0.29, 0.717) is 19.8 Å². The van der Waals surface area contributed by atoms with Crippen LogP contribution in [0.2, 0.25) is 0 Å². The van der Waals surface area contributed by atoms with Crippen molar-refractivity contribution in [2.45, 2.75) is 43.7 Å². The van der Waals surface area contributed by atoms with Crippen molar-refractivity contribution < 1.29 is 64.5 Å². The Labute approximate surface area is 209 Å². The first kappa shape index (κ1) is 31.1. The van der Waals surface area contributed by atoms with E-state index in [-0.39, 0.29) is 24.7 Å². The largest absolute Gasteiger partial charge is 0.490 e. The van der Waals surface area contributed by atoms with E-state index in [0.717, 1.165) is 18.7 Å². The van der Waals surface area contributed by atoms with E-state index in [1.54, 1.807) is 6.20 Å². The molecule has 0 spiro atoms. The molecule has 4 rings (SSSR count). The highest BCUT2D eigenvalue weighted by Crippen LogP contribution is 2.43. The number of aliphatic carboxylic acids is 2. The Morgan fingerprint density at radius 1 is 1.08 bits per heavy atom. The maximum absolute atomic E-state index is 13.0. The average Bonchev–Trinajstić information content (AvgIpc) is 3.31. The number of carbonyl (C=O) groups is 3. The number of nitrogens with one attached hydrogen (secondary N) is 1. The number of halogens is 8.